The maximum atomic E-state index is 11.5. The molecule has 0 aliphatic rings. The Balaban J connectivity index is 3.33. The molecule has 0 unspecified atom stereocenters. The lowest BCUT2D eigenvalue weighted by molar-refractivity contribution is -0.210. The lowest BCUT2D eigenvalue weighted by Crippen LogP contribution is -2.24. The first-order valence-corrected chi connectivity index (χ1v) is 16.4. The zero-order valence-corrected chi connectivity index (χ0v) is 24.2. The minimum atomic E-state index is -0.568. The van der Waals surface area contributed by atoms with E-state index in [-0.39, 0.29) is 31.7 Å². The quantitative estimate of drug-likeness (QED) is 0.0272. The molecule has 0 bridgehead atoms. The molecule has 0 saturated heterocycles. The third kappa shape index (κ3) is 31.2. The molecule has 0 saturated carbocycles. The third-order valence-corrected chi connectivity index (χ3v) is 6.75. The second-order valence-corrected chi connectivity index (χ2v) is 10.9. The molecule has 0 aliphatic heterocycles. The van der Waals surface area contributed by atoms with E-state index in [1.807, 2.05) is 0 Å². The number of aliphatic hydroxyl groups excluding tert-OH is 2. The van der Waals surface area contributed by atoms with Crippen molar-refractivity contribution in [2.45, 2.75) is 0 Å². The molecule has 2 amide bonds. The van der Waals surface area contributed by atoms with Crippen molar-refractivity contribution < 1.29 is 48.8 Å². The summed E-state index contributed by atoms with van der Waals surface area (Å²) in [5.41, 5.74) is 0. The van der Waals surface area contributed by atoms with Gasteiger partial charge < -0.3 is 40.1 Å². The largest absolute Gasteiger partial charge is 0.449 e. The highest BCUT2D eigenvalue weighted by Crippen LogP contribution is 2.03. The highest BCUT2D eigenvalue weighted by atomic mass is 32.2. The van der Waals surface area contributed by atoms with E-state index < -0.39 is 12.2 Å². The van der Waals surface area contributed by atoms with Crippen LogP contribution < -0.4 is 10.6 Å². The van der Waals surface area contributed by atoms with Crippen LogP contribution in [0.2, 0.25) is 0 Å². The maximum Gasteiger partial charge on any atom is 0.408 e. The maximum absolute atomic E-state index is 11.5. The smallest absolute Gasteiger partial charge is 0.408 e. The van der Waals surface area contributed by atoms with Gasteiger partial charge in [0.05, 0.1) is 36.7 Å². The first-order valence-electron chi connectivity index (χ1n) is 10.7. The van der Waals surface area contributed by atoms with Crippen LogP contribution in [0.3, 0.4) is 0 Å². The fraction of sp³-hybridized carbons (Fsp3) is 0.778. The van der Waals surface area contributed by atoms with Crippen molar-refractivity contribution in [1.82, 2.24) is 10.6 Å². The average molecular weight is 627 g/mol. The molecule has 0 aliphatic carbocycles. The van der Waals surface area contributed by atoms with Crippen LogP contribution >= 0.6 is 58.8 Å². The van der Waals surface area contributed by atoms with Gasteiger partial charge in [0.25, 0.3) is 0 Å². The minimum absolute atomic E-state index is 0.0780. The predicted molar refractivity (Wildman–Crippen MR) is 151 cm³/mol. The molecule has 0 aromatic heterocycles. The Hall–Kier alpha value is -0.930. The third-order valence-electron chi connectivity index (χ3n) is 2.99. The molecule has 0 heterocycles. The topological polar surface area (TPSA) is 179 Å². The second kappa shape index (κ2) is 31.3. The Morgan fingerprint density at radius 2 is 1.24 bits per heavy atom. The van der Waals surface area contributed by atoms with Gasteiger partial charge in [0.1, 0.15) is 25.1 Å². The van der Waals surface area contributed by atoms with Crippen molar-refractivity contribution in [3.05, 3.63) is 0 Å². The molecule has 37 heavy (non-hydrogen) atoms. The number of alkyl carbamates (subject to hydrolysis) is 2. The van der Waals surface area contributed by atoms with E-state index in [0.29, 0.717) is 53.1 Å². The van der Waals surface area contributed by atoms with Crippen molar-refractivity contribution in [1.29, 1.82) is 0 Å². The molecule has 4 N–H and O–H groups in total. The number of ether oxygens (including phenoxy) is 2. The van der Waals surface area contributed by atoms with Gasteiger partial charge in [-0.25, -0.2) is 19.6 Å². The molecule has 0 aromatic carbocycles. The van der Waals surface area contributed by atoms with E-state index in [2.05, 4.69) is 20.6 Å². The molecular formula is C18H34N4O10S5. The van der Waals surface area contributed by atoms with Gasteiger partial charge in [-0.1, -0.05) is 11.8 Å². The number of amides is 2. The van der Waals surface area contributed by atoms with Crippen LogP contribution in [0.15, 0.2) is 9.98 Å². The Morgan fingerprint density at radius 3 is 1.86 bits per heavy atom. The molecule has 0 radical (unpaired) electrons. The summed E-state index contributed by atoms with van der Waals surface area (Å²) in [5, 5.41) is 22.4. The molecule has 0 spiro atoms. The number of aliphatic hydroxyl groups is 2. The van der Waals surface area contributed by atoms with Gasteiger partial charge in [-0.15, -0.1) is 23.5 Å². The standard InChI is InChI=1S/C18H34N4O10S5/c23-1-5-33-7-3-27-17(25)21-13-35-12-20-10-31-32-16-37-15-28-18(26)22-14-36-11-19-9-30-29-4-8-34-6-2-24/h9-10,23-24H,1-8,11-16H2,(H,21,25)(H,22,26). The number of carbonyl (C=O) groups excluding carboxylic acids is 2. The number of aliphatic imine (C=N–C) groups is 2. The number of carbonyl (C=O) groups is 2. The van der Waals surface area contributed by atoms with Crippen LogP contribution in [0.5, 0.6) is 0 Å². The highest BCUT2D eigenvalue weighted by molar-refractivity contribution is 8.00. The van der Waals surface area contributed by atoms with Crippen LogP contribution in [-0.4, -0.2) is 120 Å². The number of nitrogens with one attached hydrogen (secondary N) is 2. The number of rotatable bonds is 26. The number of thioether (sulfide) groups is 5. The van der Waals surface area contributed by atoms with Crippen LogP contribution in [-0.2, 0) is 29.0 Å². The molecule has 19 heteroatoms. The van der Waals surface area contributed by atoms with Gasteiger partial charge in [-0.2, -0.15) is 33.3 Å². The summed E-state index contributed by atoms with van der Waals surface area (Å²) in [6, 6.07) is 0. The minimum Gasteiger partial charge on any atom is -0.449 e. The van der Waals surface area contributed by atoms with Crippen molar-refractivity contribution in [3.63, 3.8) is 0 Å². The van der Waals surface area contributed by atoms with Gasteiger partial charge in [0.2, 0.25) is 12.8 Å². The van der Waals surface area contributed by atoms with Crippen LogP contribution in [0, 0.1) is 0 Å². The highest BCUT2D eigenvalue weighted by Gasteiger charge is 2.01. The Kier molecular flexibility index (Phi) is 30.5. The SMILES string of the molecule is O=C(NCSCN=COOCSCOC(=O)NCSCN=COOCCSCCO)OCCSCCO. The second-order valence-electron chi connectivity index (χ2n) is 5.70. The normalized spacial score (nSPS) is 11.1. The Labute approximate surface area is 237 Å². The summed E-state index contributed by atoms with van der Waals surface area (Å²) in [4.78, 5) is 49.9. The summed E-state index contributed by atoms with van der Waals surface area (Å²) in [6.45, 7) is 0.928. The van der Waals surface area contributed by atoms with Crippen molar-refractivity contribution in [3.8, 4) is 0 Å². The van der Waals surface area contributed by atoms with E-state index in [0.717, 1.165) is 6.40 Å². The predicted octanol–water partition coefficient (Wildman–Crippen LogP) is 1.79. The summed E-state index contributed by atoms with van der Waals surface area (Å²) in [5.74, 6) is 4.21. The summed E-state index contributed by atoms with van der Waals surface area (Å²) in [7, 11) is 0. The first-order chi connectivity index (χ1) is 18.2. The number of hydrogen-bond acceptors (Lipinski definition) is 17. The van der Waals surface area contributed by atoms with E-state index in [1.54, 1.807) is 11.8 Å². The van der Waals surface area contributed by atoms with E-state index in [9.17, 15) is 9.59 Å². The zero-order chi connectivity index (χ0) is 27.1. The van der Waals surface area contributed by atoms with Gasteiger partial charge in [0, 0.05) is 23.0 Å². The van der Waals surface area contributed by atoms with Crippen LogP contribution in [0.4, 0.5) is 9.59 Å². The Morgan fingerprint density at radius 1 is 0.676 bits per heavy atom. The molecule has 0 atom stereocenters. The lowest BCUT2D eigenvalue weighted by Gasteiger charge is -2.06. The molecule has 0 rings (SSSR count). The molecule has 0 fully saturated rings. The molecule has 14 nitrogen and oxygen atoms in total. The summed E-state index contributed by atoms with van der Waals surface area (Å²) >= 11 is 6.92. The monoisotopic (exact) mass is 626 g/mol. The van der Waals surface area contributed by atoms with E-state index in [1.165, 1.54) is 53.4 Å². The van der Waals surface area contributed by atoms with Gasteiger partial charge in [-0.3, -0.25) is 0 Å². The van der Waals surface area contributed by atoms with Gasteiger partial charge >= 0.3 is 12.2 Å². The number of nitrogens with zero attached hydrogens (tertiary/aromatic N) is 2. The fourth-order valence-corrected chi connectivity index (χ4v) is 3.95. The molecule has 216 valence electrons. The van der Waals surface area contributed by atoms with Crippen molar-refractivity contribution in [2.24, 2.45) is 9.98 Å². The fourth-order valence-electron chi connectivity index (χ4n) is 1.56. The summed E-state index contributed by atoms with van der Waals surface area (Å²) < 4.78 is 9.89. The van der Waals surface area contributed by atoms with Crippen molar-refractivity contribution >= 4 is 83.8 Å². The number of hydrogen-bond donors (Lipinski definition) is 4. The van der Waals surface area contributed by atoms with Crippen LogP contribution in [0.1, 0.15) is 0 Å². The van der Waals surface area contributed by atoms with Crippen LogP contribution in [0.25, 0.3) is 0 Å². The summed E-state index contributed by atoms with van der Waals surface area (Å²) in [6.07, 6.45) is 1.24. The molecular weight excluding hydrogens is 593 g/mol. The lowest BCUT2D eigenvalue weighted by atomic mass is 10.8. The van der Waals surface area contributed by atoms with E-state index >= 15 is 0 Å². The molecule has 0 aromatic rings. The van der Waals surface area contributed by atoms with Gasteiger partial charge in [-0.05, 0) is 0 Å². The average Bonchev–Trinajstić information content (AvgIpc) is 2.89. The van der Waals surface area contributed by atoms with Crippen molar-refractivity contribution in [2.75, 3.05) is 84.8 Å². The van der Waals surface area contributed by atoms with Gasteiger partial charge in [0.15, 0.2) is 0 Å². The first kappa shape index (κ1) is 36.1. The van der Waals surface area contributed by atoms with E-state index in [4.69, 9.17) is 39.2 Å². The Bertz CT molecular complexity index is 599. The zero-order valence-electron chi connectivity index (χ0n) is 20.2.